The quantitative estimate of drug-likeness (QED) is 0.757. The van der Waals surface area contributed by atoms with Crippen LogP contribution in [-0.4, -0.2) is 52.5 Å². The number of amides is 2. The fourth-order valence-electron chi connectivity index (χ4n) is 3.09. The molecule has 2 amide bonds. The van der Waals surface area contributed by atoms with Crippen molar-refractivity contribution in [2.45, 2.75) is 18.1 Å². The lowest BCUT2D eigenvalue weighted by Gasteiger charge is -2.24. The molecule has 3 rings (SSSR count). The molecule has 1 aromatic rings. The van der Waals surface area contributed by atoms with Gasteiger partial charge in [0.2, 0.25) is 11.8 Å². The Labute approximate surface area is 151 Å². The molecule has 0 saturated carbocycles. The first-order valence-electron chi connectivity index (χ1n) is 8.18. The molecule has 0 aliphatic carbocycles. The molecule has 2 atom stereocenters. The van der Waals surface area contributed by atoms with Gasteiger partial charge in [0.05, 0.1) is 10.6 Å². The Kier molecular flexibility index (Phi) is 5.51. The minimum atomic E-state index is -0.309. The van der Waals surface area contributed by atoms with E-state index < -0.39 is 0 Å². The van der Waals surface area contributed by atoms with Crippen LogP contribution in [0.15, 0.2) is 36.4 Å². The van der Waals surface area contributed by atoms with Crippen molar-refractivity contribution in [2.24, 2.45) is 5.92 Å². The molecule has 2 aliphatic rings. The van der Waals surface area contributed by atoms with Crippen LogP contribution in [0.25, 0.3) is 4.91 Å². The molecule has 2 aliphatic heterocycles. The van der Waals surface area contributed by atoms with Gasteiger partial charge in [0, 0.05) is 38.0 Å². The summed E-state index contributed by atoms with van der Waals surface area (Å²) in [7, 11) is 0. The monoisotopic (exact) mass is 364 g/mol. The van der Waals surface area contributed by atoms with E-state index in [2.05, 4.69) is 0 Å². The second-order valence-electron chi connectivity index (χ2n) is 6.08. The summed E-state index contributed by atoms with van der Waals surface area (Å²) in [6.45, 7) is 4.16. The topological polar surface area (TPSA) is 40.6 Å². The summed E-state index contributed by atoms with van der Waals surface area (Å²) in [6.07, 6.45) is 2.81. The molecule has 1 aromatic carbocycles. The van der Waals surface area contributed by atoms with E-state index in [0.717, 1.165) is 16.9 Å². The lowest BCUT2D eigenvalue weighted by atomic mass is 10.1. The molecule has 4 nitrogen and oxygen atoms in total. The van der Waals surface area contributed by atoms with E-state index in [1.165, 1.54) is 0 Å². The number of carbonyl (C=O) groups excluding carboxylic acids is 2. The third kappa shape index (κ3) is 3.78. The Bertz CT molecular complexity index is 650. The highest BCUT2D eigenvalue weighted by Gasteiger charge is 2.35. The third-order valence-electron chi connectivity index (χ3n) is 4.45. The van der Waals surface area contributed by atoms with Crippen molar-refractivity contribution in [3.63, 3.8) is 0 Å². The third-order valence-corrected chi connectivity index (χ3v) is 6.13. The van der Waals surface area contributed by atoms with Crippen LogP contribution in [0.2, 0.25) is 0 Å². The summed E-state index contributed by atoms with van der Waals surface area (Å²) in [6, 6.07) is 10.0. The van der Waals surface area contributed by atoms with Crippen LogP contribution >= 0.6 is 23.4 Å². The fraction of sp³-hybridized carbons (Fsp3) is 0.444. The van der Waals surface area contributed by atoms with E-state index in [1.54, 1.807) is 23.6 Å². The van der Waals surface area contributed by atoms with E-state index in [9.17, 15) is 9.59 Å². The number of rotatable bonds is 2. The average Bonchev–Trinajstić information content (AvgIpc) is 2.81. The molecule has 0 aromatic heterocycles. The van der Waals surface area contributed by atoms with Gasteiger partial charge in [-0.15, -0.1) is 23.4 Å². The van der Waals surface area contributed by atoms with E-state index >= 15 is 0 Å². The van der Waals surface area contributed by atoms with Crippen LogP contribution in [-0.2, 0) is 9.59 Å². The van der Waals surface area contributed by atoms with Crippen molar-refractivity contribution in [2.75, 3.05) is 26.2 Å². The molecule has 2 unspecified atom stereocenters. The summed E-state index contributed by atoms with van der Waals surface area (Å²) in [5, 5.41) is 0. The number of alkyl halides is 1. The molecule has 6 heteroatoms. The Morgan fingerprint density at radius 2 is 1.75 bits per heavy atom. The lowest BCUT2D eigenvalue weighted by Crippen LogP contribution is -2.40. The van der Waals surface area contributed by atoms with E-state index in [4.69, 9.17) is 11.6 Å². The van der Waals surface area contributed by atoms with Gasteiger partial charge in [-0.3, -0.25) is 9.59 Å². The molecule has 0 N–H and O–H groups in total. The lowest BCUT2D eigenvalue weighted by molar-refractivity contribution is -0.134. The number of hydrogen-bond acceptors (Lipinski definition) is 3. The van der Waals surface area contributed by atoms with Gasteiger partial charge in [-0.2, -0.15) is 0 Å². The SMILES string of the molecule is CC(=O)N1CCCN(C(=O)C2C=C(c3ccccc3)SC2Cl)CC1. The predicted molar refractivity (Wildman–Crippen MR) is 98.6 cm³/mol. The van der Waals surface area contributed by atoms with Crippen molar-refractivity contribution < 1.29 is 9.59 Å². The van der Waals surface area contributed by atoms with Crippen LogP contribution in [0.1, 0.15) is 18.9 Å². The molecule has 24 heavy (non-hydrogen) atoms. The minimum Gasteiger partial charge on any atom is -0.341 e. The summed E-state index contributed by atoms with van der Waals surface area (Å²) < 4.78 is -0.278. The number of halogens is 1. The maximum Gasteiger partial charge on any atom is 0.231 e. The van der Waals surface area contributed by atoms with Gasteiger partial charge < -0.3 is 9.80 Å². The summed E-state index contributed by atoms with van der Waals surface area (Å²) in [5.41, 5.74) is 1.10. The van der Waals surface area contributed by atoms with Crippen LogP contribution in [0.4, 0.5) is 0 Å². The Hall–Kier alpha value is -1.46. The molecule has 0 radical (unpaired) electrons. The largest absolute Gasteiger partial charge is 0.341 e. The maximum absolute atomic E-state index is 12.9. The first-order valence-corrected chi connectivity index (χ1v) is 9.50. The molecule has 128 valence electrons. The van der Waals surface area contributed by atoms with Gasteiger partial charge in [-0.25, -0.2) is 0 Å². The van der Waals surface area contributed by atoms with Crippen molar-refractivity contribution in [3.05, 3.63) is 42.0 Å². The molecule has 1 fully saturated rings. The predicted octanol–water partition coefficient (Wildman–Crippen LogP) is 3.04. The first kappa shape index (κ1) is 17.4. The van der Waals surface area contributed by atoms with Crippen molar-refractivity contribution in [1.29, 1.82) is 0 Å². The number of thioether (sulfide) groups is 1. The summed E-state index contributed by atoms with van der Waals surface area (Å²) in [4.78, 5) is 29.1. The molecule has 2 heterocycles. The number of benzene rings is 1. The van der Waals surface area contributed by atoms with Crippen LogP contribution in [0, 0.1) is 5.92 Å². The second-order valence-corrected chi connectivity index (χ2v) is 7.99. The van der Waals surface area contributed by atoms with Gasteiger partial charge in [0.1, 0.15) is 0 Å². The normalized spacial score (nSPS) is 24.5. The Balaban J connectivity index is 1.70. The van der Waals surface area contributed by atoms with Crippen LogP contribution < -0.4 is 0 Å². The number of carbonyl (C=O) groups is 2. The Morgan fingerprint density at radius 1 is 1.08 bits per heavy atom. The van der Waals surface area contributed by atoms with Crippen LogP contribution in [0.5, 0.6) is 0 Å². The van der Waals surface area contributed by atoms with Gasteiger partial charge in [-0.1, -0.05) is 36.4 Å². The highest BCUT2D eigenvalue weighted by Crippen LogP contribution is 2.45. The van der Waals surface area contributed by atoms with Gasteiger partial charge in [0.15, 0.2) is 0 Å². The first-order chi connectivity index (χ1) is 11.6. The maximum atomic E-state index is 12.9. The standard InChI is InChI=1S/C18H21ClN2O2S/c1-13(22)20-8-5-9-21(11-10-20)18(23)15-12-16(24-17(15)19)14-6-3-2-4-7-14/h2-4,6-7,12,15,17H,5,8-11H2,1H3. The van der Waals surface area contributed by atoms with Crippen molar-refractivity contribution in [1.82, 2.24) is 9.80 Å². The van der Waals surface area contributed by atoms with E-state index in [0.29, 0.717) is 26.2 Å². The zero-order chi connectivity index (χ0) is 17.1. The highest BCUT2D eigenvalue weighted by molar-refractivity contribution is 8.10. The smallest absolute Gasteiger partial charge is 0.231 e. The minimum absolute atomic E-state index is 0.0684. The molecule has 0 spiro atoms. The second kappa shape index (κ2) is 7.62. The fourth-order valence-corrected chi connectivity index (χ4v) is 4.64. The highest BCUT2D eigenvalue weighted by atomic mass is 35.5. The zero-order valence-corrected chi connectivity index (χ0v) is 15.2. The van der Waals surface area contributed by atoms with Gasteiger partial charge in [0.25, 0.3) is 0 Å². The summed E-state index contributed by atoms with van der Waals surface area (Å²) >= 11 is 8.00. The van der Waals surface area contributed by atoms with E-state index in [-0.39, 0.29) is 22.4 Å². The van der Waals surface area contributed by atoms with Gasteiger partial charge >= 0.3 is 0 Å². The number of hydrogen-bond donors (Lipinski definition) is 0. The average molecular weight is 365 g/mol. The van der Waals surface area contributed by atoms with E-state index in [1.807, 2.05) is 41.3 Å². The summed E-state index contributed by atoms with van der Waals surface area (Å²) in [5.74, 6) is -0.170. The Morgan fingerprint density at radius 3 is 2.46 bits per heavy atom. The zero-order valence-electron chi connectivity index (χ0n) is 13.7. The molecule has 0 bridgehead atoms. The van der Waals surface area contributed by atoms with Gasteiger partial charge in [-0.05, 0) is 12.0 Å². The van der Waals surface area contributed by atoms with Crippen molar-refractivity contribution >= 4 is 40.1 Å². The molecular formula is C18H21ClN2O2S. The molecule has 1 saturated heterocycles. The van der Waals surface area contributed by atoms with Crippen LogP contribution in [0.3, 0.4) is 0 Å². The van der Waals surface area contributed by atoms with Crippen molar-refractivity contribution in [3.8, 4) is 0 Å². The molecular weight excluding hydrogens is 344 g/mol. The number of nitrogens with zero attached hydrogens (tertiary/aromatic N) is 2.